The molecule has 4 rings (SSSR count). The van der Waals surface area contributed by atoms with Gasteiger partial charge in [-0.2, -0.15) is 0 Å². The van der Waals surface area contributed by atoms with Crippen LogP contribution in [-0.4, -0.2) is 52.8 Å². The van der Waals surface area contributed by atoms with E-state index in [1.165, 1.54) is 28.3 Å². The number of carbonyl (C=O) groups is 2. The molecule has 1 fully saturated rings. The van der Waals surface area contributed by atoms with Crippen LogP contribution in [0.5, 0.6) is 0 Å². The summed E-state index contributed by atoms with van der Waals surface area (Å²) in [4.78, 5) is 36.1. The minimum absolute atomic E-state index is 0.0686. The Labute approximate surface area is 212 Å². The number of hydroxylamine groups is 2. The third kappa shape index (κ3) is 6.04. The van der Waals surface area contributed by atoms with Gasteiger partial charge in [0.15, 0.2) is 11.6 Å². The summed E-state index contributed by atoms with van der Waals surface area (Å²) in [5, 5.41) is 10.8. The van der Waals surface area contributed by atoms with Crippen molar-refractivity contribution in [1.29, 1.82) is 0 Å². The first-order chi connectivity index (χ1) is 17.4. The second-order valence-electron chi connectivity index (χ2n) is 10.2. The van der Waals surface area contributed by atoms with Crippen LogP contribution in [-0.2, 0) is 20.8 Å². The number of benzene rings is 1. The van der Waals surface area contributed by atoms with Crippen LogP contribution in [0, 0.1) is 23.4 Å². The normalized spacial score (nSPS) is 17.5. The number of amides is 1. The van der Waals surface area contributed by atoms with Gasteiger partial charge < -0.3 is 10.0 Å². The molecule has 1 N–H and O–H groups in total. The van der Waals surface area contributed by atoms with E-state index < -0.39 is 29.0 Å². The molecule has 0 aliphatic carbocycles. The van der Waals surface area contributed by atoms with Crippen LogP contribution in [0.2, 0.25) is 0 Å². The maximum atomic E-state index is 15.2. The maximum Gasteiger partial charge on any atom is 0.333 e. The predicted molar refractivity (Wildman–Crippen MR) is 131 cm³/mol. The lowest BCUT2D eigenvalue weighted by Crippen LogP contribution is -2.34. The lowest BCUT2D eigenvalue weighted by Gasteiger charge is -2.29. The van der Waals surface area contributed by atoms with E-state index in [0.29, 0.717) is 38.5 Å². The Hall–Kier alpha value is -3.60. The molecule has 11 heteroatoms. The van der Waals surface area contributed by atoms with E-state index >= 15 is 4.39 Å². The Kier molecular flexibility index (Phi) is 7.44. The van der Waals surface area contributed by atoms with E-state index in [1.807, 2.05) is 20.8 Å². The summed E-state index contributed by atoms with van der Waals surface area (Å²) in [6.07, 6.45) is 3.18. The Morgan fingerprint density at radius 2 is 1.97 bits per heavy atom. The van der Waals surface area contributed by atoms with Crippen LogP contribution in [0.3, 0.4) is 0 Å². The van der Waals surface area contributed by atoms with Gasteiger partial charge in [0.05, 0.1) is 16.9 Å². The number of carboxylic acid groups (broad SMARTS) is 1. The van der Waals surface area contributed by atoms with Crippen LogP contribution < -0.4 is 9.80 Å². The van der Waals surface area contributed by atoms with Crippen LogP contribution in [0.1, 0.15) is 39.2 Å². The van der Waals surface area contributed by atoms with Gasteiger partial charge in [-0.05, 0) is 57.7 Å². The van der Waals surface area contributed by atoms with Crippen LogP contribution in [0.15, 0.2) is 36.0 Å². The number of anilines is 3. The minimum atomic E-state index is -1.23. The largest absolute Gasteiger partial charge is 0.478 e. The number of carboxylic acids is 1. The lowest BCUT2D eigenvalue weighted by atomic mass is 10.0. The summed E-state index contributed by atoms with van der Waals surface area (Å²) in [5.74, 6) is -3.12. The second kappa shape index (κ2) is 10.4. The average Bonchev–Trinajstić information content (AvgIpc) is 3.28. The Balaban J connectivity index is 1.57. The highest BCUT2D eigenvalue weighted by atomic mass is 19.1. The zero-order valence-electron chi connectivity index (χ0n) is 20.9. The number of carbonyl (C=O) groups excluding carboxylic acids is 1. The minimum Gasteiger partial charge on any atom is -0.478 e. The van der Waals surface area contributed by atoms with Gasteiger partial charge in [0, 0.05) is 43.9 Å². The van der Waals surface area contributed by atoms with Crippen molar-refractivity contribution < 1.29 is 32.7 Å². The standard InChI is InChI=1S/C26H29F3N4O4/c1-26(2,3)37-32(15-34)9-7-16-6-8-31(13-16)24-21(29)11-17-10-18(25(35)36)14-33(23(17)30-24)22-5-4-19(27)12-20(22)28/h4-5,11-12,14-16H,6-10,13H2,1-3H3,(H,35,36). The molecule has 37 heavy (non-hydrogen) atoms. The van der Waals surface area contributed by atoms with E-state index in [2.05, 4.69) is 4.98 Å². The molecule has 2 aromatic rings. The van der Waals surface area contributed by atoms with Gasteiger partial charge in [-0.15, -0.1) is 0 Å². The molecule has 198 valence electrons. The number of aromatic nitrogens is 1. The van der Waals surface area contributed by atoms with Gasteiger partial charge in [0.25, 0.3) is 0 Å². The summed E-state index contributed by atoms with van der Waals surface area (Å²) >= 11 is 0. The monoisotopic (exact) mass is 518 g/mol. The summed E-state index contributed by atoms with van der Waals surface area (Å²) in [6.45, 7) is 6.95. The first-order valence-electron chi connectivity index (χ1n) is 12.0. The quantitative estimate of drug-likeness (QED) is 0.405. The summed E-state index contributed by atoms with van der Waals surface area (Å²) in [6, 6.07) is 4.16. The van der Waals surface area contributed by atoms with Gasteiger partial charge >= 0.3 is 5.97 Å². The van der Waals surface area contributed by atoms with Gasteiger partial charge in [0.1, 0.15) is 17.5 Å². The molecular formula is C26H29F3N4O4. The van der Waals surface area contributed by atoms with Gasteiger partial charge in [0.2, 0.25) is 6.41 Å². The number of halogens is 3. The zero-order chi connectivity index (χ0) is 26.9. The molecule has 1 atom stereocenters. The predicted octanol–water partition coefficient (Wildman–Crippen LogP) is 4.57. The summed E-state index contributed by atoms with van der Waals surface area (Å²) in [5.41, 5.74) is -0.410. The van der Waals surface area contributed by atoms with Crippen molar-refractivity contribution in [1.82, 2.24) is 10.0 Å². The molecule has 1 aromatic carbocycles. The summed E-state index contributed by atoms with van der Waals surface area (Å²) < 4.78 is 43.4. The Morgan fingerprint density at radius 3 is 2.62 bits per heavy atom. The third-order valence-electron chi connectivity index (χ3n) is 6.20. The van der Waals surface area contributed by atoms with Crippen molar-refractivity contribution in [3.8, 4) is 0 Å². The highest BCUT2D eigenvalue weighted by molar-refractivity contribution is 5.90. The number of hydrogen-bond donors (Lipinski definition) is 1. The molecule has 2 aliphatic heterocycles. The van der Waals surface area contributed by atoms with Gasteiger partial charge in [-0.1, -0.05) is 0 Å². The van der Waals surface area contributed by atoms with Crippen molar-refractivity contribution in [2.75, 3.05) is 29.4 Å². The number of pyridine rings is 1. The highest BCUT2D eigenvalue weighted by Gasteiger charge is 2.31. The molecule has 1 aromatic heterocycles. The van der Waals surface area contributed by atoms with Crippen molar-refractivity contribution in [3.63, 3.8) is 0 Å². The molecule has 1 amide bonds. The topological polar surface area (TPSA) is 86.2 Å². The molecule has 8 nitrogen and oxygen atoms in total. The van der Waals surface area contributed by atoms with Gasteiger partial charge in [-0.25, -0.2) is 28.0 Å². The molecule has 0 radical (unpaired) electrons. The van der Waals surface area contributed by atoms with Crippen molar-refractivity contribution >= 4 is 29.7 Å². The number of nitrogens with zero attached hydrogens (tertiary/aromatic N) is 4. The fourth-order valence-corrected chi connectivity index (χ4v) is 4.57. The first kappa shape index (κ1) is 26.5. The average molecular weight is 519 g/mol. The number of fused-ring (bicyclic) bond motifs is 1. The fourth-order valence-electron chi connectivity index (χ4n) is 4.57. The van der Waals surface area contributed by atoms with E-state index in [0.717, 1.165) is 12.5 Å². The smallest absolute Gasteiger partial charge is 0.333 e. The highest BCUT2D eigenvalue weighted by Crippen LogP contribution is 2.38. The lowest BCUT2D eigenvalue weighted by molar-refractivity contribution is -0.216. The maximum absolute atomic E-state index is 15.2. The molecule has 3 heterocycles. The van der Waals surface area contributed by atoms with Crippen LogP contribution >= 0.6 is 0 Å². The van der Waals surface area contributed by atoms with Crippen molar-refractivity contribution in [3.05, 3.63) is 59.1 Å². The number of hydrogen-bond acceptors (Lipinski definition) is 6. The Bertz CT molecular complexity index is 1230. The molecule has 0 bridgehead atoms. The Morgan fingerprint density at radius 1 is 1.22 bits per heavy atom. The SMILES string of the molecule is CC(C)(C)ON(C=O)CCC1CCN(c2nc3c(cc2F)CC(C(=O)O)=CN3c2ccc(F)cc2F)C1. The van der Waals surface area contributed by atoms with E-state index in [4.69, 9.17) is 4.84 Å². The molecule has 1 unspecified atom stereocenters. The van der Waals surface area contributed by atoms with E-state index in [1.54, 1.807) is 4.90 Å². The first-order valence-corrected chi connectivity index (χ1v) is 12.0. The molecular weight excluding hydrogens is 489 g/mol. The number of rotatable bonds is 8. The third-order valence-corrected chi connectivity index (χ3v) is 6.20. The second-order valence-corrected chi connectivity index (χ2v) is 10.2. The van der Waals surface area contributed by atoms with E-state index in [-0.39, 0.29) is 40.8 Å². The molecule has 0 saturated carbocycles. The van der Waals surface area contributed by atoms with Crippen molar-refractivity contribution in [2.45, 2.75) is 45.6 Å². The zero-order valence-corrected chi connectivity index (χ0v) is 20.9. The fraction of sp³-hybridized carbons (Fsp3) is 0.423. The summed E-state index contributed by atoms with van der Waals surface area (Å²) in [7, 11) is 0. The molecule has 2 aliphatic rings. The van der Waals surface area contributed by atoms with Crippen LogP contribution in [0.4, 0.5) is 30.5 Å². The van der Waals surface area contributed by atoms with Crippen LogP contribution in [0.25, 0.3) is 0 Å². The van der Waals surface area contributed by atoms with Gasteiger partial charge in [-0.3, -0.25) is 14.5 Å². The molecule has 0 spiro atoms. The number of aliphatic carboxylic acids is 1. The van der Waals surface area contributed by atoms with E-state index in [9.17, 15) is 23.5 Å². The molecule has 1 saturated heterocycles. The van der Waals surface area contributed by atoms with Crippen molar-refractivity contribution in [2.24, 2.45) is 5.92 Å².